The van der Waals surface area contributed by atoms with Crippen molar-refractivity contribution in [2.75, 3.05) is 0 Å². The molecule has 0 saturated carbocycles. The van der Waals surface area contributed by atoms with Crippen LogP contribution in [0.4, 0.5) is 0 Å². The van der Waals surface area contributed by atoms with Gasteiger partial charge in [0, 0.05) is 16.7 Å². The molecular weight excluding hydrogens is 635 g/mol. The molecule has 1 aromatic heterocycles. The van der Waals surface area contributed by atoms with Crippen LogP contribution >= 0.6 is 0 Å². The van der Waals surface area contributed by atoms with Crippen LogP contribution < -0.4 is 10.4 Å². The van der Waals surface area contributed by atoms with E-state index in [0.29, 0.717) is 17.5 Å². The highest BCUT2D eigenvalue weighted by molar-refractivity contribution is 7.03. The summed E-state index contributed by atoms with van der Waals surface area (Å²) in [4.78, 5) is 14.8. The summed E-state index contributed by atoms with van der Waals surface area (Å²) in [5, 5.41) is 3.07. The second-order valence-electron chi connectivity index (χ2n) is 13.7. The van der Waals surface area contributed by atoms with Gasteiger partial charge in [-0.2, -0.15) is 0 Å². The summed E-state index contributed by atoms with van der Waals surface area (Å²) >= 11 is 0. The van der Waals surface area contributed by atoms with Gasteiger partial charge in [0.05, 0.1) is 0 Å². The number of aromatic nitrogens is 3. The first-order valence-corrected chi connectivity index (χ1v) is 20.4. The molecule has 0 amide bonds. The molecular formula is C47H35N3Si. The Kier molecular flexibility index (Phi) is 7.60. The topological polar surface area (TPSA) is 38.7 Å². The fourth-order valence-corrected chi connectivity index (χ4v) is 10.4. The Morgan fingerprint density at radius 2 is 0.627 bits per heavy atom. The first kappa shape index (κ1) is 30.8. The smallest absolute Gasteiger partial charge is 0.164 e. The maximum Gasteiger partial charge on any atom is 0.164 e. The Morgan fingerprint density at radius 1 is 0.294 bits per heavy atom. The molecule has 9 rings (SSSR count). The van der Waals surface area contributed by atoms with Gasteiger partial charge in [-0.1, -0.05) is 189 Å². The highest BCUT2D eigenvalue weighted by atomic mass is 28.3. The monoisotopic (exact) mass is 669 g/mol. The van der Waals surface area contributed by atoms with E-state index in [1.807, 2.05) is 36.4 Å². The van der Waals surface area contributed by atoms with Gasteiger partial charge in [-0.25, -0.2) is 15.0 Å². The van der Waals surface area contributed by atoms with E-state index in [4.69, 9.17) is 15.0 Å². The molecule has 0 bridgehead atoms. The van der Waals surface area contributed by atoms with Crippen LogP contribution in [0.3, 0.4) is 0 Å². The second-order valence-corrected chi connectivity index (χ2v) is 18.0. The summed E-state index contributed by atoms with van der Waals surface area (Å²) in [5.41, 5.74) is 12.9. The molecule has 0 saturated heterocycles. The molecule has 8 aromatic rings. The lowest BCUT2D eigenvalue weighted by molar-refractivity contribution is 1.07. The molecule has 0 aliphatic carbocycles. The van der Waals surface area contributed by atoms with Gasteiger partial charge in [0.25, 0.3) is 0 Å². The van der Waals surface area contributed by atoms with Gasteiger partial charge in [0.1, 0.15) is 8.07 Å². The van der Waals surface area contributed by atoms with Gasteiger partial charge in [0.15, 0.2) is 17.5 Å². The standard InChI is InChI=1S/C47H35N3Si/c1-51(2)43-16-10-9-15-41(43)42-30-29-40(31-44(42)51)36-19-17-34(18-20-36)35-23-27-39(28-24-35)47-49-45(37-13-7-4-8-14-37)48-46(50-47)38-25-21-33(22-26-38)32-11-5-3-6-12-32/h3-31H,1-2H3. The third-order valence-electron chi connectivity index (χ3n) is 10.2. The summed E-state index contributed by atoms with van der Waals surface area (Å²) in [6.45, 7) is 4.94. The SMILES string of the molecule is C[Si]1(C)c2ccccc2-c2ccc(-c3ccc(-c4ccc(-c5nc(-c6ccccc6)nc(-c6ccc(-c7ccccc7)cc6)n5)cc4)cc3)cc21. The number of benzene rings is 7. The number of hydrogen-bond acceptors (Lipinski definition) is 3. The number of fused-ring (bicyclic) bond motifs is 3. The fourth-order valence-electron chi connectivity index (χ4n) is 7.34. The van der Waals surface area contributed by atoms with Gasteiger partial charge >= 0.3 is 0 Å². The lowest BCUT2D eigenvalue weighted by atomic mass is 9.97. The Morgan fingerprint density at radius 3 is 1.14 bits per heavy atom. The van der Waals surface area contributed by atoms with Crippen molar-refractivity contribution >= 4 is 18.4 Å². The van der Waals surface area contributed by atoms with Crippen LogP contribution in [0.15, 0.2) is 176 Å². The number of nitrogens with zero attached hydrogens (tertiary/aromatic N) is 3. The highest BCUT2D eigenvalue weighted by Gasteiger charge is 2.37. The van der Waals surface area contributed by atoms with Gasteiger partial charge in [-0.15, -0.1) is 0 Å². The zero-order valence-electron chi connectivity index (χ0n) is 28.6. The van der Waals surface area contributed by atoms with Crippen LogP contribution in [0, 0.1) is 0 Å². The van der Waals surface area contributed by atoms with Crippen LogP contribution in [0.1, 0.15) is 0 Å². The lowest BCUT2D eigenvalue weighted by Crippen LogP contribution is -2.49. The molecule has 0 radical (unpaired) electrons. The molecule has 4 heteroatoms. The number of hydrogen-bond donors (Lipinski definition) is 0. The van der Waals surface area contributed by atoms with Crippen molar-refractivity contribution in [1.82, 2.24) is 15.0 Å². The molecule has 1 aliphatic rings. The van der Waals surface area contributed by atoms with Crippen molar-refractivity contribution in [3.8, 4) is 78.7 Å². The molecule has 0 unspecified atom stereocenters. The average molecular weight is 670 g/mol. The summed E-state index contributed by atoms with van der Waals surface area (Å²) in [5.74, 6) is 1.96. The Labute approximate surface area is 300 Å². The van der Waals surface area contributed by atoms with Gasteiger partial charge in [-0.3, -0.25) is 0 Å². The van der Waals surface area contributed by atoms with Crippen molar-refractivity contribution in [2.24, 2.45) is 0 Å². The number of rotatable bonds is 6. The van der Waals surface area contributed by atoms with Gasteiger partial charge in [0.2, 0.25) is 0 Å². The zero-order valence-corrected chi connectivity index (χ0v) is 29.6. The minimum atomic E-state index is -1.72. The largest absolute Gasteiger partial charge is 0.208 e. The first-order valence-electron chi connectivity index (χ1n) is 17.4. The van der Waals surface area contributed by atoms with E-state index in [1.165, 1.54) is 43.8 Å². The minimum Gasteiger partial charge on any atom is -0.208 e. The third kappa shape index (κ3) is 5.70. The Balaban J connectivity index is 1.01. The molecule has 3 nitrogen and oxygen atoms in total. The summed E-state index contributed by atoms with van der Waals surface area (Å²) in [6, 6.07) is 62.4. The summed E-state index contributed by atoms with van der Waals surface area (Å²) in [7, 11) is -1.72. The van der Waals surface area contributed by atoms with Crippen molar-refractivity contribution in [1.29, 1.82) is 0 Å². The van der Waals surface area contributed by atoms with E-state index in [9.17, 15) is 0 Å². The Bertz CT molecular complexity index is 2510. The van der Waals surface area contributed by atoms with Gasteiger partial charge in [-0.05, 0) is 54.9 Å². The molecule has 1 aliphatic heterocycles. The molecule has 51 heavy (non-hydrogen) atoms. The van der Waals surface area contributed by atoms with Crippen molar-refractivity contribution < 1.29 is 0 Å². The van der Waals surface area contributed by atoms with Crippen LogP contribution in [0.2, 0.25) is 13.1 Å². The molecule has 0 N–H and O–H groups in total. The van der Waals surface area contributed by atoms with E-state index in [-0.39, 0.29) is 0 Å². The normalized spacial score (nSPS) is 12.7. The molecule has 0 fully saturated rings. The predicted octanol–water partition coefficient (Wildman–Crippen LogP) is 10.7. The quantitative estimate of drug-likeness (QED) is 0.165. The van der Waals surface area contributed by atoms with E-state index < -0.39 is 8.07 Å². The molecule has 0 spiro atoms. The van der Waals surface area contributed by atoms with E-state index in [2.05, 4.69) is 153 Å². The Hall–Kier alpha value is -6.23. The average Bonchev–Trinajstić information content (AvgIpc) is 3.44. The lowest BCUT2D eigenvalue weighted by Gasteiger charge is -2.19. The third-order valence-corrected chi connectivity index (χ3v) is 13.7. The van der Waals surface area contributed by atoms with Crippen LogP contribution in [0.25, 0.3) is 78.7 Å². The molecule has 7 aromatic carbocycles. The van der Waals surface area contributed by atoms with Gasteiger partial charge < -0.3 is 0 Å². The van der Waals surface area contributed by atoms with Crippen LogP contribution in [-0.4, -0.2) is 23.0 Å². The second kappa shape index (κ2) is 12.6. The van der Waals surface area contributed by atoms with Crippen molar-refractivity contribution in [2.45, 2.75) is 13.1 Å². The maximum absolute atomic E-state index is 4.98. The fraction of sp³-hybridized carbons (Fsp3) is 0.0426. The van der Waals surface area contributed by atoms with Crippen molar-refractivity contribution in [3.05, 3.63) is 176 Å². The highest BCUT2D eigenvalue weighted by Crippen LogP contribution is 2.33. The van der Waals surface area contributed by atoms with E-state index in [1.54, 1.807) is 0 Å². The summed E-state index contributed by atoms with van der Waals surface area (Å²) < 4.78 is 0. The van der Waals surface area contributed by atoms with Crippen LogP contribution in [0.5, 0.6) is 0 Å². The zero-order chi connectivity index (χ0) is 34.4. The minimum absolute atomic E-state index is 0.651. The summed E-state index contributed by atoms with van der Waals surface area (Å²) in [6.07, 6.45) is 0. The molecule has 2 heterocycles. The van der Waals surface area contributed by atoms with E-state index in [0.717, 1.165) is 27.8 Å². The van der Waals surface area contributed by atoms with E-state index >= 15 is 0 Å². The predicted molar refractivity (Wildman–Crippen MR) is 215 cm³/mol. The molecule has 242 valence electrons. The van der Waals surface area contributed by atoms with Crippen molar-refractivity contribution in [3.63, 3.8) is 0 Å². The maximum atomic E-state index is 4.98. The van der Waals surface area contributed by atoms with Crippen LogP contribution in [-0.2, 0) is 0 Å². The first-order chi connectivity index (χ1) is 25.0. The molecule has 0 atom stereocenters.